The van der Waals surface area contributed by atoms with E-state index in [4.69, 9.17) is 15.2 Å². The SMILES string of the molecule is COc1ccc(F)cc1C(=O)NCc1ccc(-c2nn(C3CCOCC3)c(N)c2C=O)cc1F. The van der Waals surface area contributed by atoms with Crippen molar-refractivity contribution in [2.24, 2.45) is 0 Å². The zero-order chi connectivity index (χ0) is 24.2. The molecular formula is C24H24F2N4O4. The number of aromatic nitrogens is 2. The third kappa shape index (κ3) is 4.62. The minimum atomic E-state index is -0.606. The minimum absolute atomic E-state index is 0.000322. The second kappa shape index (κ2) is 10.0. The number of halogens is 2. The molecule has 3 N–H and O–H groups in total. The minimum Gasteiger partial charge on any atom is -0.496 e. The van der Waals surface area contributed by atoms with E-state index in [0.29, 0.717) is 37.9 Å². The maximum Gasteiger partial charge on any atom is 0.255 e. The van der Waals surface area contributed by atoms with Gasteiger partial charge in [0.15, 0.2) is 6.29 Å². The van der Waals surface area contributed by atoms with E-state index in [-0.39, 0.29) is 46.5 Å². The topological polar surface area (TPSA) is 108 Å². The van der Waals surface area contributed by atoms with Crippen LogP contribution in [0.5, 0.6) is 5.75 Å². The first kappa shape index (κ1) is 23.4. The van der Waals surface area contributed by atoms with Crippen LogP contribution < -0.4 is 15.8 Å². The van der Waals surface area contributed by atoms with E-state index in [0.717, 1.165) is 6.07 Å². The Morgan fingerprint density at radius 1 is 1.26 bits per heavy atom. The molecule has 0 radical (unpaired) electrons. The van der Waals surface area contributed by atoms with Gasteiger partial charge in [-0.15, -0.1) is 0 Å². The summed E-state index contributed by atoms with van der Waals surface area (Å²) in [5.74, 6) is -1.36. The first-order valence-electron chi connectivity index (χ1n) is 10.7. The molecule has 1 aliphatic rings. The van der Waals surface area contributed by atoms with Gasteiger partial charge in [-0.3, -0.25) is 9.59 Å². The Kier molecular flexibility index (Phi) is 6.87. The van der Waals surface area contributed by atoms with Gasteiger partial charge in [-0.25, -0.2) is 13.5 Å². The molecule has 2 aromatic carbocycles. The summed E-state index contributed by atoms with van der Waals surface area (Å²) in [5.41, 5.74) is 7.26. The number of anilines is 1. The van der Waals surface area contributed by atoms with Gasteiger partial charge < -0.3 is 20.5 Å². The van der Waals surface area contributed by atoms with Crippen LogP contribution in [0, 0.1) is 11.6 Å². The highest BCUT2D eigenvalue weighted by atomic mass is 19.1. The summed E-state index contributed by atoms with van der Waals surface area (Å²) in [6, 6.07) is 7.91. The smallest absolute Gasteiger partial charge is 0.255 e. The van der Waals surface area contributed by atoms with E-state index in [1.54, 1.807) is 10.7 Å². The molecule has 1 saturated heterocycles. The lowest BCUT2D eigenvalue weighted by Gasteiger charge is -2.23. The van der Waals surface area contributed by atoms with Crippen LogP contribution in [-0.2, 0) is 11.3 Å². The van der Waals surface area contributed by atoms with Crippen molar-refractivity contribution in [1.29, 1.82) is 0 Å². The van der Waals surface area contributed by atoms with Crippen molar-refractivity contribution in [1.82, 2.24) is 15.1 Å². The molecule has 0 unspecified atom stereocenters. The fourth-order valence-electron chi connectivity index (χ4n) is 3.96. The van der Waals surface area contributed by atoms with E-state index in [2.05, 4.69) is 10.4 Å². The van der Waals surface area contributed by atoms with Gasteiger partial charge >= 0.3 is 0 Å². The highest BCUT2D eigenvalue weighted by Crippen LogP contribution is 2.32. The van der Waals surface area contributed by atoms with Crippen molar-refractivity contribution in [2.75, 3.05) is 26.1 Å². The Morgan fingerprint density at radius 2 is 2.03 bits per heavy atom. The number of amides is 1. The second-order valence-electron chi connectivity index (χ2n) is 7.89. The molecule has 2 heterocycles. The van der Waals surface area contributed by atoms with Crippen LogP contribution in [0.4, 0.5) is 14.6 Å². The van der Waals surface area contributed by atoms with E-state index < -0.39 is 17.5 Å². The molecule has 0 atom stereocenters. The number of rotatable bonds is 7. The number of hydrogen-bond donors (Lipinski definition) is 2. The first-order chi connectivity index (χ1) is 16.4. The maximum absolute atomic E-state index is 14.9. The van der Waals surface area contributed by atoms with Crippen LogP contribution in [0.15, 0.2) is 36.4 Å². The number of nitrogens with one attached hydrogen (secondary N) is 1. The van der Waals surface area contributed by atoms with Crippen LogP contribution in [-0.4, -0.2) is 42.3 Å². The van der Waals surface area contributed by atoms with Crippen molar-refractivity contribution in [2.45, 2.75) is 25.4 Å². The molecule has 1 aromatic heterocycles. The summed E-state index contributed by atoms with van der Waals surface area (Å²) in [6.07, 6.45) is 2.05. The molecule has 0 bridgehead atoms. The number of carbonyl (C=O) groups excluding carboxylic acids is 2. The van der Waals surface area contributed by atoms with Gasteiger partial charge in [-0.05, 0) is 37.1 Å². The number of benzene rings is 2. The highest BCUT2D eigenvalue weighted by molar-refractivity contribution is 5.97. The van der Waals surface area contributed by atoms with Gasteiger partial charge in [-0.1, -0.05) is 12.1 Å². The number of nitrogens with zero attached hydrogens (tertiary/aromatic N) is 2. The van der Waals surface area contributed by atoms with Gasteiger partial charge in [-0.2, -0.15) is 5.10 Å². The number of aldehydes is 1. The number of methoxy groups -OCH3 is 1. The number of hydrogen-bond acceptors (Lipinski definition) is 6. The van der Waals surface area contributed by atoms with Gasteiger partial charge in [0.1, 0.15) is 28.9 Å². The van der Waals surface area contributed by atoms with Crippen molar-refractivity contribution in [3.63, 3.8) is 0 Å². The third-order valence-electron chi connectivity index (χ3n) is 5.81. The normalized spacial score (nSPS) is 14.1. The lowest BCUT2D eigenvalue weighted by Crippen LogP contribution is -2.24. The van der Waals surface area contributed by atoms with E-state index in [9.17, 15) is 18.4 Å². The zero-order valence-corrected chi connectivity index (χ0v) is 18.5. The maximum atomic E-state index is 14.9. The Labute approximate surface area is 194 Å². The Bertz CT molecular complexity index is 1220. The Morgan fingerprint density at radius 3 is 2.71 bits per heavy atom. The third-order valence-corrected chi connectivity index (χ3v) is 5.81. The summed E-state index contributed by atoms with van der Waals surface area (Å²) in [4.78, 5) is 24.2. The predicted octanol–water partition coefficient (Wildman–Crippen LogP) is 3.51. The van der Waals surface area contributed by atoms with E-state index >= 15 is 0 Å². The molecule has 1 fully saturated rings. The lowest BCUT2D eigenvalue weighted by atomic mass is 10.0. The summed E-state index contributed by atoms with van der Waals surface area (Å²) in [6.45, 7) is 1.02. The monoisotopic (exact) mass is 470 g/mol. The van der Waals surface area contributed by atoms with Crippen LogP contribution in [0.25, 0.3) is 11.3 Å². The molecule has 178 valence electrons. The van der Waals surface area contributed by atoms with Gasteiger partial charge in [0.2, 0.25) is 0 Å². The molecule has 4 rings (SSSR count). The Hall–Kier alpha value is -3.79. The Balaban J connectivity index is 1.54. The largest absolute Gasteiger partial charge is 0.496 e. The van der Waals surface area contributed by atoms with Crippen LogP contribution in [0.1, 0.15) is 45.2 Å². The average molecular weight is 470 g/mol. The molecule has 0 saturated carbocycles. The molecule has 3 aromatic rings. The van der Waals surface area contributed by atoms with E-state index in [1.165, 1.54) is 31.4 Å². The molecule has 0 aliphatic carbocycles. The molecule has 8 nitrogen and oxygen atoms in total. The number of carbonyl (C=O) groups is 2. The summed E-state index contributed by atoms with van der Waals surface area (Å²) < 4.78 is 40.5. The fourth-order valence-corrected chi connectivity index (χ4v) is 3.96. The molecule has 1 aliphatic heterocycles. The van der Waals surface area contributed by atoms with E-state index in [1.807, 2.05) is 0 Å². The standard InChI is InChI=1S/C24H24F2N4O4/c1-33-21-5-4-16(25)11-18(21)24(32)28-12-15-3-2-14(10-20(15)26)22-19(13-31)23(27)30(29-22)17-6-8-34-9-7-17/h2-5,10-11,13,17H,6-9,12,27H2,1H3,(H,28,32). The fraction of sp³-hybridized carbons (Fsp3) is 0.292. The molecule has 34 heavy (non-hydrogen) atoms. The van der Waals surface area contributed by atoms with Gasteiger partial charge in [0, 0.05) is 30.9 Å². The van der Waals surface area contributed by atoms with Crippen molar-refractivity contribution >= 4 is 18.0 Å². The van der Waals surface area contributed by atoms with Crippen molar-refractivity contribution in [3.05, 3.63) is 64.7 Å². The number of ether oxygens (including phenoxy) is 2. The average Bonchev–Trinajstić information content (AvgIpc) is 3.19. The van der Waals surface area contributed by atoms with Gasteiger partial charge in [0.25, 0.3) is 5.91 Å². The quantitative estimate of drug-likeness (QED) is 0.512. The zero-order valence-electron chi connectivity index (χ0n) is 18.5. The molecule has 10 heteroatoms. The summed E-state index contributed by atoms with van der Waals surface area (Å²) >= 11 is 0. The van der Waals surface area contributed by atoms with Crippen molar-refractivity contribution < 1.29 is 27.8 Å². The van der Waals surface area contributed by atoms with Gasteiger partial charge in [0.05, 0.1) is 24.3 Å². The first-order valence-corrected chi connectivity index (χ1v) is 10.7. The molecule has 1 amide bonds. The lowest BCUT2D eigenvalue weighted by molar-refractivity contribution is 0.0669. The second-order valence-corrected chi connectivity index (χ2v) is 7.89. The highest BCUT2D eigenvalue weighted by Gasteiger charge is 2.24. The van der Waals surface area contributed by atoms with Crippen LogP contribution in [0.3, 0.4) is 0 Å². The molecule has 0 spiro atoms. The van der Waals surface area contributed by atoms with Crippen molar-refractivity contribution in [3.8, 4) is 17.0 Å². The predicted molar refractivity (Wildman–Crippen MR) is 121 cm³/mol. The molecular weight excluding hydrogens is 446 g/mol. The number of nitrogen functional groups attached to an aromatic ring is 1. The summed E-state index contributed by atoms with van der Waals surface area (Å²) in [7, 11) is 1.37. The number of nitrogens with two attached hydrogens (primary N) is 1. The van der Waals surface area contributed by atoms with Crippen LogP contribution in [0.2, 0.25) is 0 Å². The van der Waals surface area contributed by atoms with Crippen LogP contribution >= 0.6 is 0 Å². The summed E-state index contributed by atoms with van der Waals surface area (Å²) in [5, 5.41) is 7.07.